The smallest absolute Gasteiger partial charge is 0.161 e. The third-order valence-electron chi connectivity index (χ3n) is 6.32. The Balaban J connectivity index is 1.89. The van der Waals surface area contributed by atoms with Gasteiger partial charge in [-0.3, -0.25) is 0 Å². The molecule has 0 fully saturated rings. The fourth-order valence-electron chi connectivity index (χ4n) is 4.25. The second-order valence-corrected chi connectivity index (χ2v) is 8.50. The van der Waals surface area contributed by atoms with Crippen LogP contribution >= 0.6 is 0 Å². The Hall–Kier alpha value is -3.70. The first kappa shape index (κ1) is 28.9. The van der Waals surface area contributed by atoms with Crippen molar-refractivity contribution >= 4 is 0 Å². The average Bonchev–Trinajstić information content (AvgIpc) is 2.95. The summed E-state index contributed by atoms with van der Waals surface area (Å²) in [5, 5.41) is 50.8. The maximum atomic E-state index is 10.9. The molecule has 0 aliphatic carbocycles. The molecule has 0 unspecified atom stereocenters. The van der Waals surface area contributed by atoms with E-state index in [0.29, 0.717) is 22.4 Å². The minimum atomic E-state index is -1.24. The standard InChI is InChI=1S/C28H34O10/c1-34-23-11-16(5-8-20(23)31)19(14-29)28(37-4)18-7-10-22(25(13-18)36-3)38-26(15-30)27(33)17-6-9-21(32)24(12-17)35-2/h5-13,19,26-33H,14-15H2,1-4H3/t19-,26-,27+,28-/m1/s1. The summed E-state index contributed by atoms with van der Waals surface area (Å²) in [6.45, 7) is -0.757. The van der Waals surface area contributed by atoms with Gasteiger partial charge in [0.2, 0.25) is 0 Å². The van der Waals surface area contributed by atoms with Crippen LogP contribution in [0.2, 0.25) is 0 Å². The van der Waals surface area contributed by atoms with Crippen LogP contribution in [0.5, 0.6) is 34.5 Å². The molecule has 38 heavy (non-hydrogen) atoms. The van der Waals surface area contributed by atoms with Crippen molar-refractivity contribution < 1.29 is 49.2 Å². The second-order valence-electron chi connectivity index (χ2n) is 8.50. The Morgan fingerprint density at radius 1 is 0.632 bits per heavy atom. The first-order chi connectivity index (χ1) is 18.3. The fourth-order valence-corrected chi connectivity index (χ4v) is 4.25. The molecular formula is C28H34O10. The Morgan fingerprint density at radius 2 is 1.16 bits per heavy atom. The third kappa shape index (κ3) is 6.22. The van der Waals surface area contributed by atoms with Crippen molar-refractivity contribution in [2.24, 2.45) is 0 Å². The lowest BCUT2D eigenvalue weighted by Crippen LogP contribution is -2.29. The summed E-state index contributed by atoms with van der Waals surface area (Å²) in [7, 11) is 5.81. The molecule has 10 nitrogen and oxygen atoms in total. The van der Waals surface area contributed by atoms with Gasteiger partial charge in [0, 0.05) is 13.0 Å². The van der Waals surface area contributed by atoms with Crippen molar-refractivity contribution in [3.8, 4) is 34.5 Å². The van der Waals surface area contributed by atoms with Crippen LogP contribution in [0.3, 0.4) is 0 Å². The molecule has 4 atom stereocenters. The highest BCUT2D eigenvalue weighted by atomic mass is 16.5. The van der Waals surface area contributed by atoms with Crippen LogP contribution in [0, 0.1) is 0 Å². The molecule has 3 rings (SSSR count). The van der Waals surface area contributed by atoms with Gasteiger partial charge in [-0.25, -0.2) is 0 Å². The average molecular weight is 531 g/mol. The number of aliphatic hydroxyl groups excluding tert-OH is 3. The summed E-state index contributed by atoms with van der Waals surface area (Å²) in [5.74, 6) is 0.438. The molecule has 0 amide bonds. The minimum absolute atomic E-state index is 0.0172. The zero-order valence-electron chi connectivity index (χ0n) is 21.7. The maximum Gasteiger partial charge on any atom is 0.161 e. The van der Waals surface area contributed by atoms with Crippen LogP contribution < -0.4 is 18.9 Å². The zero-order valence-corrected chi connectivity index (χ0v) is 21.7. The minimum Gasteiger partial charge on any atom is -0.504 e. The number of hydrogen-bond acceptors (Lipinski definition) is 10. The normalized spacial score (nSPS) is 14.3. The molecule has 0 aliphatic rings. The largest absolute Gasteiger partial charge is 0.504 e. The zero-order chi connectivity index (χ0) is 27.8. The lowest BCUT2D eigenvalue weighted by molar-refractivity contribution is -0.000625. The summed E-state index contributed by atoms with van der Waals surface area (Å²) in [4.78, 5) is 0. The lowest BCUT2D eigenvalue weighted by Gasteiger charge is -2.27. The summed E-state index contributed by atoms with van der Waals surface area (Å²) in [6, 6.07) is 14.2. The van der Waals surface area contributed by atoms with Crippen molar-refractivity contribution in [3.05, 3.63) is 71.3 Å². The number of phenolic OH excluding ortho intramolecular Hbond substituents is 2. The van der Waals surface area contributed by atoms with E-state index in [2.05, 4.69) is 0 Å². The number of rotatable bonds is 13. The van der Waals surface area contributed by atoms with Crippen molar-refractivity contribution in [1.82, 2.24) is 0 Å². The van der Waals surface area contributed by atoms with E-state index in [0.717, 1.165) is 0 Å². The lowest BCUT2D eigenvalue weighted by atomic mass is 9.89. The molecule has 0 saturated heterocycles. The van der Waals surface area contributed by atoms with Crippen molar-refractivity contribution in [3.63, 3.8) is 0 Å². The van der Waals surface area contributed by atoms with Crippen LogP contribution in [0.15, 0.2) is 54.6 Å². The van der Waals surface area contributed by atoms with E-state index in [-0.39, 0.29) is 35.4 Å². The molecule has 0 heterocycles. The highest BCUT2D eigenvalue weighted by Crippen LogP contribution is 2.40. The molecule has 0 aliphatic heterocycles. The predicted octanol–water partition coefficient (Wildman–Crippen LogP) is 3.06. The first-order valence-corrected chi connectivity index (χ1v) is 11.8. The van der Waals surface area contributed by atoms with Crippen LogP contribution in [-0.4, -0.2) is 73.3 Å². The van der Waals surface area contributed by atoms with E-state index < -0.39 is 30.8 Å². The summed E-state index contributed by atoms with van der Waals surface area (Å²) in [5.41, 5.74) is 1.75. The molecule has 10 heteroatoms. The Labute approximate surface area is 221 Å². The van der Waals surface area contributed by atoms with Crippen LogP contribution in [0.1, 0.15) is 34.8 Å². The summed E-state index contributed by atoms with van der Waals surface area (Å²) < 4.78 is 27.5. The summed E-state index contributed by atoms with van der Waals surface area (Å²) in [6.07, 6.45) is -2.90. The van der Waals surface area contributed by atoms with Crippen LogP contribution in [0.25, 0.3) is 0 Å². The number of benzene rings is 3. The second kappa shape index (κ2) is 13.2. The van der Waals surface area contributed by atoms with E-state index in [9.17, 15) is 25.5 Å². The van der Waals surface area contributed by atoms with E-state index >= 15 is 0 Å². The molecule has 0 aromatic heterocycles. The fraction of sp³-hybridized carbons (Fsp3) is 0.357. The Morgan fingerprint density at radius 3 is 1.68 bits per heavy atom. The molecule has 0 spiro atoms. The molecule has 3 aromatic rings. The van der Waals surface area contributed by atoms with Crippen LogP contribution in [0.4, 0.5) is 0 Å². The number of ether oxygens (including phenoxy) is 5. The predicted molar refractivity (Wildman–Crippen MR) is 138 cm³/mol. The number of aliphatic hydroxyl groups is 3. The first-order valence-electron chi connectivity index (χ1n) is 11.8. The number of hydrogen-bond donors (Lipinski definition) is 5. The quantitative estimate of drug-likeness (QED) is 0.223. The van der Waals surface area contributed by atoms with E-state index in [4.69, 9.17) is 23.7 Å². The van der Waals surface area contributed by atoms with Gasteiger partial charge < -0.3 is 49.2 Å². The molecule has 0 saturated carbocycles. The maximum absolute atomic E-state index is 10.9. The third-order valence-corrected chi connectivity index (χ3v) is 6.32. The highest BCUT2D eigenvalue weighted by Gasteiger charge is 2.28. The van der Waals surface area contributed by atoms with Gasteiger partial charge in [0.15, 0.2) is 40.6 Å². The highest BCUT2D eigenvalue weighted by molar-refractivity contribution is 5.47. The topological polar surface area (TPSA) is 147 Å². The monoisotopic (exact) mass is 530 g/mol. The molecule has 206 valence electrons. The van der Waals surface area contributed by atoms with E-state index in [1.165, 1.54) is 52.7 Å². The molecule has 3 aromatic carbocycles. The van der Waals surface area contributed by atoms with Gasteiger partial charge in [-0.15, -0.1) is 0 Å². The van der Waals surface area contributed by atoms with Gasteiger partial charge in [0.1, 0.15) is 6.10 Å². The van der Waals surface area contributed by atoms with E-state index in [1.807, 2.05) is 0 Å². The SMILES string of the molecule is COc1cc([C@@H](CO)[C@H](OC)c2ccc(O[C@H](CO)[C@@H](O)c3ccc(O)c(OC)c3)c(OC)c2)ccc1O. The van der Waals surface area contributed by atoms with Crippen molar-refractivity contribution in [2.75, 3.05) is 41.7 Å². The van der Waals surface area contributed by atoms with Gasteiger partial charge in [-0.05, 0) is 53.1 Å². The Kier molecular flexibility index (Phi) is 10.0. The van der Waals surface area contributed by atoms with Crippen LogP contribution in [-0.2, 0) is 4.74 Å². The van der Waals surface area contributed by atoms with Gasteiger partial charge >= 0.3 is 0 Å². The number of methoxy groups -OCH3 is 4. The Bertz CT molecular complexity index is 1200. The van der Waals surface area contributed by atoms with Gasteiger partial charge in [-0.1, -0.05) is 18.2 Å². The molecule has 0 bridgehead atoms. The van der Waals surface area contributed by atoms with Gasteiger partial charge in [0.05, 0.1) is 40.6 Å². The molecule has 0 radical (unpaired) electrons. The van der Waals surface area contributed by atoms with Gasteiger partial charge in [-0.2, -0.15) is 0 Å². The van der Waals surface area contributed by atoms with Gasteiger partial charge in [0.25, 0.3) is 0 Å². The number of phenols is 2. The van der Waals surface area contributed by atoms with Crippen molar-refractivity contribution in [1.29, 1.82) is 0 Å². The molecular weight excluding hydrogens is 496 g/mol. The van der Waals surface area contributed by atoms with E-state index in [1.54, 1.807) is 30.3 Å². The number of aromatic hydroxyl groups is 2. The van der Waals surface area contributed by atoms with Crippen molar-refractivity contribution in [2.45, 2.75) is 24.2 Å². The molecule has 5 N–H and O–H groups in total. The summed E-state index contributed by atoms with van der Waals surface area (Å²) >= 11 is 0.